The van der Waals surface area contributed by atoms with Gasteiger partial charge < -0.3 is 15.2 Å². The van der Waals surface area contributed by atoms with E-state index in [0.717, 1.165) is 0 Å². The lowest BCUT2D eigenvalue weighted by molar-refractivity contribution is -0.176. The summed E-state index contributed by atoms with van der Waals surface area (Å²) in [6.07, 6.45) is -5.97. The Morgan fingerprint density at radius 3 is 2.47 bits per heavy atom. The Hall–Kier alpha value is -1.31. The summed E-state index contributed by atoms with van der Waals surface area (Å²) >= 11 is 0. The largest absolute Gasteiger partial charge is 0.481 e. The van der Waals surface area contributed by atoms with E-state index in [1.165, 1.54) is 0 Å². The van der Waals surface area contributed by atoms with Crippen LogP contribution in [0.25, 0.3) is 0 Å². The van der Waals surface area contributed by atoms with Crippen molar-refractivity contribution in [1.29, 1.82) is 0 Å². The predicted molar refractivity (Wildman–Crippen MR) is 49.2 cm³/mol. The number of halogens is 3. The Labute approximate surface area is 94.9 Å². The van der Waals surface area contributed by atoms with Crippen molar-refractivity contribution in [1.82, 2.24) is 5.32 Å². The molecule has 1 amide bonds. The Morgan fingerprint density at radius 2 is 2.12 bits per heavy atom. The van der Waals surface area contributed by atoms with Crippen LogP contribution in [0.1, 0.15) is 19.8 Å². The molecule has 2 unspecified atom stereocenters. The first-order valence-electron chi connectivity index (χ1n) is 4.87. The Kier molecular flexibility index (Phi) is 3.65. The molecule has 0 aliphatic carbocycles. The van der Waals surface area contributed by atoms with Crippen LogP contribution in [0, 0.1) is 0 Å². The number of rotatable bonds is 3. The highest BCUT2D eigenvalue weighted by molar-refractivity contribution is 5.83. The molecule has 1 aliphatic rings. The topological polar surface area (TPSA) is 75.6 Å². The fourth-order valence-electron chi connectivity index (χ4n) is 1.83. The molecular formula is C9H12F3NO4. The minimum atomic E-state index is -5.03. The molecule has 0 aromatic rings. The van der Waals surface area contributed by atoms with Crippen LogP contribution in [0.5, 0.6) is 0 Å². The second-order valence-electron chi connectivity index (χ2n) is 4.13. The van der Waals surface area contributed by atoms with Gasteiger partial charge in [0.2, 0.25) is 0 Å². The summed E-state index contributed by atoms with van der Waals surface area (Å²) in [7, 11) is 0. The number of carboxylic acid groups (broad SMARTS) is 1. The molecule has 0 aromatic heterocycles. The van der Waals surface area contributed by atoms with Crippen molar-refractivity contribution in [3.05, 3.63) is 0 Å². The van der Waals surface area contributed by atoms with E-state index in [1.807, 2.05) is 0 Å². The van der Waals surface area contributed by atoms with Crippen LogP contribution in [0.4, 0.5) is 13.2 Å². The van der Waals surface area contributed by atoms with Crippen molar-refractivity contribution in [2.45, 2.75) is 37.6 Å². The maximum Gasteiger partial charge on any atom is 0.471 e. The minimum Gasteiger partial charge on any atom is -0.481 e. The highest BCUT2D eigenvalue weighted by Crippen LogP contribution is 2.29. The molecule has 0 bridgehead atoms. The summed E-state index contributed by atoms with van der Waals surface area (Å²) < 4.78 is 41.4. The molecule has 1 saturated heterocycles. The average Bonchev–Trinajstić information content (AvgIpc) is 2.44. The molecule has 0 spiro atoms. The summed E-state index contributed by atoms with van der Waals surface area (Å²) in [4.78, 5) is 21.4. The van der Waals surface area contributed by atoms with E-state index < -0.39 is 30.0 Å². The summed E-state index contributed by atoms with van der Waals surface area (Å²) in [5.74, 6) is -3.43. The van der Waals surface area contributed by atoms with Gasteiger partial charge in [-0.15, -0.1) is 0 Å². The first-order valence-corrected chi connectivity index (χ1v) is 4.87. The third-order valence-corrected chi connectivity index (χ3v) is 2.45. The Morgan fingerprint density at radius 1 is 1.53 bits per heavy atom. The van der Waals surface area contributed by atoms with Crippen molar-refractivity contribution in [2.24, 2.45) is 0 Å². The van der Waals surface area contributed by atoms with E-state index in [4.69, 9.17) is 9.84 Å². The molecule has 1 rings (SSSR count). The van der Waals surface area contributed by atoms with Crippen molar-refractivity contribution in [3.63, 3.8) is 0 Å². The van der Waals surface area contributed by atoms with E-state index in [1.54, 1.807) is 12.2 Å². The van der Waals surface area contributed by atoms with E-state index in [0.29, 0.717) is 0 Å². The standard InChI is InChI=1S/C9H12F3NO4/c1-5-2-8(4-17-5,3-6(14)15)13-7(16)9(10,11)12/h5H,2-4H2,1H3,(H,13,16)(H,14,15). The van der Waals surface area contributed by atoms with Crippen LogP contribution in [-0.2, 0) is 14.3 Å². The van der Waals surface area contributed by atoms with Crippen molar-refractivity contribution < 1.29 is 32.6 Å². The van der Waals surface area contributed by atoms with Gasteiger partial charge in [0, 0.05) is 0 Å². The van der Waals surface area contributed by atoms with Gasteiger partial charge in [-0.1, -0.05) is 0 Å². The molecule has 0 aromatic carbocycles. The summed E-state index contributed by atoms with van der Waals surface area (Å²) in [5.41, 5.74) is -1.47. The van der Waals surface area contributed by atoms with Gasteiger partial charge in [-0.25, -0.2) is 0 Å². The van der Waals surface area contributed by atoms with Gasteiger partial charge in [0.1, 0.15) is 0 Å². The molecular weight excluding hydrogens is 243 g/mol. The summed E-state index contributed by atoms with van der Waals surface area (Å²) in [6, 6.07) is 0. The van der Waals surface area contributed by atoms with Crippen LogP contribution in [0.15, 0.2) is 0 Å². The SMILES string of the molecule is CC1CC(CC(=O)O)(NC(=O)C(F)(F)F)CO1. The monoisotopic (exact) mass is 255 g/mol. The second kappa shape index (κ2) is 4.52. The van der Waals surface area contributed by atoms with Crippen LogP contribution in [0.2, 0.25) is 0 Å². The quantitative estimate of drug-likeness (QED) is 0.777. The highest BCUT2D eigenvalue weighted by atomic mass is 19.4. The molecule has 5 nitrogen and oxygen atoms in total. The zero-order valence-electron chi connectivity index (χ0n) is 9.00. The third-order valence-electron chi connectivity index (χ3n) is 2.45. The molecule has 8 heteroatoms. The van der Waals surface area contributed by atoms with Gasteiger partial charge in [0.05, 0.1) is 24.7 Å². The maximum atomic E-state index is 12.1. The Bertz CT molecular complexity index is 331. The average molecular weight is 255 g/mol. The third kappa shape index (κ3) is 3.58. The summed E-state index contributed by atoms with van der Waals surface area (Å²) in [5, 5.41) is 10.4. The van der Waals surface area contributed by atoms with Gasteiger partial charge in [0.15, 0.2) is 0 Å². The highest BCUT2D eigenvalue weighted by Gasteiger charge is 2.48. The lowest BCUT2D eigenvalue weighted by atomic mass is 9.92. The van der Waals surface area contributed by atoms with Gasteiger partial charge in [-0.05, 0) is 13.3 Å². The number of hydrogen-bond donors (Lipinski definition) is 2. The lowest BCUT2D eigenvalue weighted by Gasteiger charge is -2.27. The van der Waals surface area contributed by atoms with E-state index in [9.17, 15) is 22.8 Å². The number of carbonyl (C=O) groups is 2. The molecule has 2 atom stereocenters. The fourth-order valence-corrected chi connectivity index (χ4v) is 1.83. The number of carboxylic acids is 1. The molecule has 17 heavy (non-hydrogen) atoms. The van der Waals surface area contributed by atoms with Gasteiger partial charge in [0.25, 0.3) is 0 Å². The van der Waals surface area contributed by atoms with Crippen LogP contribution < -0.4 is 5.32 Å². The molecule has 98 valence electrons. The fraction of sp³-hybridized carbons (Fsp3) is 0.778. The molecule has 0 radical (unpaired) electrons. The Balaban J connectivity index is 2.79. The van der Waals surface area contributed by atoms with Gasteiger partial charge in [-0.2, -0.15) is 13.2 Å². The first kappa shape index (κ1) is 13.8. The van der Waals surface area contributed by atoms with Crippen molar-refractivity contribution in [3.8, 4) is 0 Å². The summed E-state index contributed by atoms with van der Waals surface area (Å²) in [6.45, 7) is 1.37. The van der Waals surface area contributed by atoms with Crippen molar-refractivity contribution in [2.75, 3.05) is 6.61 Å². The number of alkyl halides is 3. The number of hydrogen-bond acceptors (Lipinski definition) is 3. The number of amides is 1. The maximum absolute atomic E-state index is 12.1. The van der Waals surface area contributed by atoms with E-state index in [2.05, 4.69) is 0 Å². The van der Waals surface area contributed by atoms with Gasteiger partial charge in [-0.3, -0.25) is 9.59 Å². The number of aliphatic carboxylic acids is 1. The minimum absolute atomic E-state index is 0.0428. The van der Waals surface area contributed by atoms with Gasteiger partial charge >= 0.3 is 18.1 Å². The van der Waals surface area contributed by atoms with Crippen LogP contribution in [0.3, 0.4) is 0 Å². The zero-order chi connectivity index (χ0) is 13.3. The molecule has 1 aliphatic heterocycles. The van der Waals surface area contributed by atoms with Crippen LogP contribution in [-0.4, -0.2) is 41.4 Å². The number of ether oxygens (including phenoxy) is 1. The number of nitrogens with one attached hydrogen (secondary N) is 1. The first-order chi connectivity index (χ1) is 7.65. The molecule has 0 saturated carbocycles. The predicted octanol–water partition coefficient (Wildman–Crippen LogP) is 0.687. The smallest absolute Gasteiger partial charge is 0.471 e. The molecule has 1 fully saturated rings. The second-order valence-corrected chi connectivity index (χ2v) is 4.13. The van der Waals surface area contributed by atoms with Crippen LogP contribution >= 0.6 is 0 Å². The number of carbonyl (C=O) groups excluding carboxylic acids is 1. The normalized spacial score (nSPS) is 29.1. The molecule has 1 heterocycles. The molecule has 2 N–H and O–H groups in total. The zero-order valence-corrected chi connectivity index (χ0v) is 9.00. The van der Waals surface area contributed by atoms with Crippen molar-refractivity contribution >= 4 is 11.9 Å². The van der Waals surface area contributed by atoms with E-state index in [-0.39, 0.29) is 19.1 Å². The van der Waals surface area contributed by atoms with E-state index >= 15 is 0 Å². The lowest BCUT2D eigenvalue weighted by Crippen LogP contribution is -2.54.